The Morgan fingerprint density at radius 1 is 0.366 bits per heavy atom. The lowest BCUT2D eigenvalue weighted by Crippen LogP contribution is -2.60. The number of carbonyl (C=O) groups is 7. The molecule has 1 aliphatic rings. The molecular weight excluding hydrogens is 1170 g/mol. The lowest BCUT2D eigenvalue weighted by Gasteiger charge is -2.28. The van der Waals surface area contributed by atoms with Crippen LogP contribution in [0, 0.1) is 0 Å². The number of hydrogen-bond acceptors (Lipinski definition) is 7. The van der Waals surface area contributed by atoms with Gasteiger partial charge in [0.15, 0.2) is 0 Å². The maximum atomic E-state index is 15.6. The molecule has 12 N–H and O–H groups in total. The van der Waals surface area contributed by atoms with Gasteiger partial charge in [-0.1, -0.05) is 146 Å². The third-order valence-corrected chi connectivity index (χ3v) is 17.6. The highest BCUT2D eigenvalue weighted by Crippen LogP contribution is 2.31. The van der Waals surface area contributed by atoms with Crippen LogP contribution in [-0.4, -0.2) is 96.5 Å². The summed E-state index contributed by atoms with van der Waals surface area (Å²) in [4.78, 5) is 122. The predicted octanol–water partition coefficient (Wildman–Crippen LogP) is 9.01. The fourth-order valence-corrected chi connectivity index (χ4v) is 12.7. The Bertz CT molecular complexity index is 4830. The van der Waals surface area contributed by atoms with Crippen LogP contribution in [0.1, 0.15) is 57.3 Å². The molecule has 0 saturated carbocycles. The van der Waals surface area contributed by atoms with Gasteiger partial charge in [0, 0.05) is 130 Å². The topological polar surface area (TPSA) is 288 Å². The summed E-state index contributed by atoms with van der Waals surface area (Å²) in [5.41, 5.74) is 17.0. The van der Waals surface area contributed by atoms with Gasteiger partial charge in [0.25, 0.3) is 0 Å². The summed E-state index contributed by atoms with van der Waals surface area (Å²) in [6.45, 7) is 0.277. The Balaban J connectivity index is 0.803. The smallest absolute Gasteiger partial charge is 0.243 e. The number of primary amides is 1. The van der Waals surface area contributed by atoms with E-state index in [1.165, 1.54) is 0 Å². The first-order valence-electron chi connectivity index (χ1n) is 31.1. The van der Waals surface area contributed by atoms with E-state index in [4.69, 9.17) is 5.73 Å². The predicted molar refractivity (Wildman–Crippen MR) is 361 cm³/mol. The number of nitrogens with two attached hydrogens (primary N) is 1. The van der Waals surface area contributed by atoms with Crippen molar-refractivity contribution in [3.05, 3.63) is 245 Å². The fourth-order valence-electron chi connectivity index (χ4n) is 12.7. The Morgan fingerprint density at radius 2 is 0.677 bits per heavy atom. The van der Waals surface area contributed by atoms with Gasteiger partial charge in [-0.3, -0.25) is 33.6 Å². The van der Waals surface area contributed by atoms with Crippen molar-refractivity contribution in [1.29, 1.82) is 0 Å². The molecule has 93 heavy (non-hydrogen) atoms. The van der Waals surface area contributed by atoms with Crippen molar-refractivity contribution < 1.29 is 33.6 Å². The Hall–Kier alpha value is -11.7. The SMILES string of the molecule is NC(=O)C(Cc1c[nH]c2ccccc12)NC(=O)C(Cc1c[nH]c2ccccc12)NC(=O)C(Cc1c[nH]c2ccccc12)NC(=O)C(Cc1c[nH]c2ccccc12)NC(=O)C(Cc1c[nH]c2ccccc12)NC(=O)CCC(=O)N1Cc2ccccc2/C=C\c2ccccc21. The molecular formula is C74H68N12O7. The van der Waals surface area contributed by atoms with Crippen LogP contribution in [-0.2, 0) is 72.2 Å². The number of aromatic nitrogens is 5. The van der Waals surface area contributed by atoms with Gasteiger partial charge in [-0.15, -0.1) is 0 Å². The molecule has 466 valence electrons. The highest BCUT2D eigenvalue weighted by atomic mass is 16.2. The second-order valence-corrected chi connectivity index (χ2v) is 23.7. The number of amides is 7. The first-order chi connectivity index (χ1) is 45.4. The molecule has 7 aromatic carbocycles. The van der Waals surface area contributed by atoms with Crippen LogP contribution in [0.15, 0.2) is 201 Å². The molecule has 6 heterocycles. The molecule has 0 radical (unpaired) electrons. The van der Waals surface area contributed by atoms with E-state index in [0.29, 0.717) is 27.9 Å². The zero-order valence-electron chi connectivity index (χ0n) is 50.6. The minimum absolute atomic E-state index is 0.0105. The second-order valence-electron chi connectivity index (χ2n) is 23.7. The number of H-pyrrole nitrogens is 5. The van der Waals surface area contributed by atoms with Crippen LogP contribution >= 0.6 is 0 Å². The van der Waals surface area contributed by atoms with Gasteiger partial charge in [0.05, 0.1) is 12.2 Å². The minimum Gasteiger partial charge on any atom is -0.368 e. The van der Waals surface area contributed by atoms with Crippen LogP contribution in [0.25, 0.3) is 66.7 Å². The molecule has 5 aromatic heterocycles. The molecule has 7 amide bonds. The first-order valence-corrected chi connectivity index (χ1v) is 31.1. The van der Waals surface area contributed by atoms with Crippen LogP contribution in [0.2, 0.25) is 0 Å². The molecule has 19 nitrogen and oxygen atoms in total. The number of nitrogens with zero attached hydrogens (tertiary/aromatic N) is 1. The van der Waals surface area contributed by atoms with E-state index in [9.17, 15) is 19.2 Å². The Labute approximate surface area is 534 Å². The number of nitrogens with one attached hydrogen (secondary N) is 10. The third kappa shape index (κ3) is 13.3. The van der Waals surface area contributed by atoms with Gasteiger partial charge in [-0.05, 0) is 80.9 Å². The van der Waals surface area contributed by atoms with Crippen molar-refractivity contribution in [2.45, 2.75) is 81.7 Å². The van der Waals surface area contributed by atoms with Gasteiger partial charge >= 0.3 is 0 Å². The number of aromatic amines is 5. The van der Waals surface area contributed by atoms with Crippen LogP contribution < -0.4 is 37.2 Å². The van der Waals surface area contributed by atoms with E-state index >= 15 is 14.4 Å². The standard InChI is InChI=1S/C74H68N12O7/c75-70(89)62(33-47-38-76-57-23-9-4-18-52(47)57)82-72(91)64(35-49-40-78-59-25-11-6-20-54(49)59)84-74(93)66(37-51-42-80-61-27-13-8-22-56(51)61)85-73(92)65(36-50-41-79-60-26-12-7-21-55(50)60)83-71(90)63(34-48-39-77-58-24-10-5-19-53(48)58)81-68(87)31-32-69(88)86-43-46-17-2-1-15-44(46)29-30-45-16-3-14-28-67(45)86/h1-30,38-42,62-66,76-80H,31-37,43H2,(H2,75,89)(H,81,87)(H,82,91)(H,83,90)(H,84,93)(H,85,92)/b30-29-. The summed E-state index contributed by atoms with van der Waals surface area (Å²) >= 11 is 0. The number of para-hydroxylation sites is 6. The molecule has 5 unspecified atom stereocenters. The average Bonchev–Trinajstić information content (AvgIpc) is 2.79. The molecule has 0 saturated heterocycles. The first kappa shape index (κ1) is 60.2. The van der Waals surface area contributed by atoms with Crippen LogP contribution in [0.5, 0.6) is 0 Å². The van der Waals surface area contributed by atoms with Gasteiger partial charge in [-0.25, -0.2) is 0 Å². The quantitative estimate of drug-likeness (QED) is 0.0295. The van der Waals surface area contributed by atoms with Crippen molar-refractivity contribution in [3.63, 3.8) is 0 Å². The molecule has 19 heteroatoms. The van der Waals surface area contributed by atoms with E-state index < -0.39 is 65.7 Å². The number of anilines is 1. The number of rotatable bonds is 23. The molecule has 1 aliphatic heterocycles. The molecule has 13 rings (SSSR count). The van der Waals surface area contributed by atoms with Crippen LogP contribution in [0.3, 0.4) is 0 Å². The molecule has 0 spiro atoms. The lowest BCUT2D eigenvalue weighted by molar-refractivity contribution is -0.135. The van der Waals surface area contributed by atoms with E-state index in [1.54, 1.807) is 35.9 Å². The fraction of sp³-hybridized carbons (Fsp3) is 0.176. The minimum atomic E-state index is -1.39. The summed E-state index contributed by atoms with van der Waals surface area (Å²) in [6, 6.07) is 46.6. The molecule has 0 bridgehead atoms. The molecule has 0 aliphatic carbocycles. The van der Waals surface area contributed by atoms with E-state index in [1.807, 2.05) is 182 Å². The molecule has 12 aromatic rings. The Morgan fingerprint density at radius 3 is 1.08 bits per heavy atom. The lowest BCUT2D eigenvalue weighted by atomic mass is 9.99. The van der Waals surface area contributed by atoms with Crippen molar-refractivity contribution in [2.24, 2.45) is 5.73 Å². The highest BCUT2D eigenvalue weighted by Gasteiger charge is 2.35. The number of carbonyl (C=O) groups excluding carboxylic acids is 7. The van der Waals surface area contributed by atoms with E-state index in [2.05, 4.69) is 51.5 Å². The molecule has 0 fully saturated rings. The highest BCUT2D eigenvalue weighted by molar-refractivity contribution is 6.01. The Kier molecular flexibility index (Phi) is 17.3. The maximum Gasteiger partial charge on any atom is 0.243 e. The zero-order valence-corrected chi connectivity index (χ0v) is 50.6. The second kappa shape index (κ2) is 26.8. The van der Waals surface area contributed by atoms with Gasteiger partial charge in [-0.2, -0.15) is 0 Å². The zero-order chi connectivity index (χ0) is 64.0. The van der Waals surface area contributed by atoms with Crippen molar-refractivity contribution in [3.8, 4) is 0 Å². The average molecular weight is 1240 g/mol. The van der Waals surface area contributed by atoms with Crippen molar-refractivity contribution in [1.82, 2.24) is 51.5 Å². The third-order valence-electron chi connectivity index (χ3n) is 17.6. The largest absolute Gasteiger partial charge is 0.368 e. The molecule has 5 atom stereocenters. The van der Waals surface area contributed by atoms with Crippen LogP contribution in [0.4, 0.5) is 5.69 Å². The monoisotopic (exact) mass is 1240 g/mol. The van der Waals surface area contributed by atoms with Gasteiger partial charge in [0.1, 0.15) is 30.2 Å². The van der Waals surface area contributed by atoms with Crippen molar-refractivity contribution in [2.75, 3.05) is 4.90 Å². The van der Waals surface area contributed by atoms with Gasteiger partial charge < -0.3 is 62.1 Å². The summed E-state index contributed by atoms with van der Waals surface area (Å²) in [7, 11) is 0. The number of benzene rings is 7. The summed E-state index contributed by atoms with van der Waals surface area (Å²) in [5, 5.41) is 18.9. The van der Waals surface area contributed by atoms with Gasteiger partial charge in [0.2, 0.25) is 41.4 Å². The normalized spacial score (nSPS) is 14.0. The number of fused-ring (bicyclic) bond motifs is 7. The maximum absolute atomic E-state index is 15.6. The summed E-state index contributed by atoms with van der Waals surface area (Å²) in [6.07, 6.45) is 12.2. The number of hydrogen-bond donors (Lipinski definition) is 11. The van der Waals surface area contributed by atoms with Crippen molar-refractivity contribution >= 4 is 114 Å². The summed E-state index contributed by atoms with van der Waals surface area (Å²) in [5.74, 6) is -4.52. The van der Waals surface area contributed by atoms with E-state index in [0.717, 1.165) is 76.8 Å². The summed E-state index contributed by atoms with van der Waals surface area (Å²) < 4.78 is 0. The van der Waals surface area contributed by atoms with E-state index in [-0.39, 0.29) is 57.4 Å².